The average molecular weight is 563 g/mol. The molecule has 0 aliphatic carbocycles. The lowest BCUT2D eigenvalue weighted by molar-refractivity contribution is 0.0907. The number of anilines is 1. The second-order valence-corrected chi connectivity index (χ2v) is 11.5. The quantitative estimate of drug-likeness (QED) is 0.305. The van der Waals surface area contributed by atoms with Crippen molar-refractivity contribution in [3.63, 3.8) is 0 Å². The predicted octanol–water partition coefficient (Wildman–Crippen LogP) is 4.37. The van der Waals surface area contributed by atoms with Gasteiger partial charge in [-0.15, -0.1) is 15.0 Å². The van der Waals surface area contributed by atoms with Crippen molar-refractivity contribution < 1.29 is 9.63 Å². The van der Waals surface area contributed by atoms with Gasteiger partial charge in [-0.25, -0.2) is 9.98 Å². The molecule has 0 bridgehead atoms. The van der Waals surface area contributed by atoms with Crippen molar-refractivity contribution in [2.24, 2.45) is 10.9 Å². The van der Waals surface area contributed by atoms with Gasteiger partial charge in [-0.3, -0.25) is 20.5 Å². The number of amides is 1. The molecule has 4 rings (SSSR count). The molecule has 0 spiro atoms. The van der Waals surface area contributed by atoms with E-state index in [0.717, 1.165) is 4.80 Å². The lowest BCUT2D eigenvalue weighted by Gasteiger charge is -2.35. The first-order valence-electron chi connectivity index (χ1n) is 12.6. The summed E-state index contributed by atoms with van der Waals surface area (Å²) in [5.74, 6) is -0.659. The summed E-state index contributed by atoms with van der Waals surface area (Å²) in [6.07, 6.45) is 1.82. The van der Waals surface area contributed by atoms with Gasteiger partial charge in [-0.2, -0.15) is 5.26 Å². The molecule has 3 aromatic rings. The van der Waals surface area contributed by atoms with Gasteiger partial charge in [0.1, 0.15) is 0 Å². The molecule has 12 nitrogen and oxygen atoms in total. The normalized spacial score (nSPS) is 18.6. The second-order valence-electron chi connectivity index (χ2n) is 11.1. The Hall–Kier alpha value is -4.21. The first-order chi connectivity index (χ1) is 18.8. The minimum absolute atomic E-state index is 0.0616. The van der Waals surface area contributed by atoms with Crippen molar-refractivity contribution in [1.82, 2.24) is 30.5 Å². The SMILES string of the molecule is Cc1cc(C#N)cc2c1NOCCC(=Nc1ncccc1Cl)C(C(=N)n1nnc(C(C)(C)C)n1)C(C)(C)NC2=O. The Labute approximate surface area is 237 Å². The minimum atomic E-state index is -1.11. The molecule has 1 aliphatic heterocycles. The standard InChI is InChI=1S/C27H31ClN10O2/c1-15-12-16(14-29)13-17-21(15)36-40-11-9-19(32-23-18(28)8-7-10-31-23)20(27(5,6)33-24(17)39)22(30)38-35-25(34-37-38)26(2,3)4/h7-8,10,12-13,20,30,36H,9,11H2,1-6H3,(H,33,39). The molecule has 0 saturated carbocycles. The predicted molar refractivity (Wildman–Crippen MR) is 151 cm³/mol. The Morgan fingerprint density at radius 1 is 1.35 bits per heavy atom. The van der Waals surface area contributed by atoms with E-state index in [0.29, 0.717) is 33.4 Å². The highest BCUT2D eigenvalue weighted by Gasteiger charge is 2.41. The summed E-state index contributed by atoms with van der Waals surface area (Å²) in [6.45, 7) is 11.3. The number of aryl methyl sites for hydroxylation is 1. The molecule has 208 valence electrons. The van der Waals surface area contributed by atoms with Crippen molar-refractivity contribution in [3.8, 4) is 6.07 Å². The van der Waals surface area contributed by atoms with Crippen LogP contribution in [0.25, 0.3) is 0 Å². The second kappa shape index (κ2) is 11.1. The Bertz CT molecular complexity index is 1530. The third-order valence-electron chi connectivity index (χ3n) is 6.40. The van der Waals surface area contributed by atoms with Crippen LogP contribution in [0.1, 0.15) is 68.3 Å². The van der Waals surface area contributed by atoms with Crippen LogP contribution in [0.3, 0.4) is 0 Å². The molecule has 1 unspecified atom stereocenters. The van der Waals surface area contributed by atoms with Gasteiger partial charge in [0.25, 0.3) is 5.91 Å². The highest BCUT2D eigenvalue weighted by molar-refractivity contribution is 6.32. The molecule has 1 aliphatic rings. The van der Waals surface area contributed by atoms with Crippen LogP contribution in [0.5, 0.6) is 0 Å². The molecule has 40 heavy (non-hydrogen) atoms. The van der Waals surface area contributed by atoms with E-state index in [9.17, 15) is 15.5 Å². The number of nitrogens with zero attached hydrogens (tertiary/aromatic N) is 7. The van der Waals surface area contributed by atoms with Gasteiger partial charge < -0.3 is 5.32 Å². The number of carbonyl (C=O) groups is 1. The smallest absolute Gasteiger partial charge is 0.253 e. The van der Waals surface area contributed by atoms with Gasteiger partial charge in [-0.05, 0) is 55.8 Å². The monoisotopic (exact) mass is 562 g/mol. The Kier molecular flexibility index (Phi) is 8.00. The first-order valence-corrected chi connectivity index (χ1v) is 13.0. The maximum absolute atomic E-state index is 13.7. The number of halogens is 1. The van der Waals surface area contributed by atoms with E-state index >= 15 is 0 Å². The van der Waals surface area contributed by atoms with Gasteiger partial charge in [0, 0.05) is 29.3 Å². The van der Waals surface area contributed by atoms with Gasteiger partial charge in [0.2, 0.25) is 0 Å². The zero-order valence-electron chi connectivity index (χ0n) is 23.2. The molecule has 1 atom stereocenters. The number of nitriles is 1. The summed E-state index contributed by atoms with van der Waals surface area (Å²) in [5.41, 5.74) is 3.51. The van der Waals surface area contributed by atoms with Gasteiger partial charge in [-0.1, -0.05) is 32.4 Å². The minimum Gasteiger partial charge on any atom is -0.346 e. The maximum atomic E-state index is 13.7. The molecule has 13 heteroatoms. The Morgan fingerprint density at radius 2 is 2.10 bits per heavy atom. The fraction of sp³-hybridized carbons (Fsp3) is 0.407. The number of pyridine rings is 1. The van der Waals surface area contributed by atoms with Crippen LogP contribution in [-0.4, -0.2) is 54.8 Å². The van der Waals surface area contributed by atoms with Crippen LogP contribution >= 0.6 is 11.6 Å². The third kappa shape index (κ3) is 6.00. The lowest BCUT2D eigenvalue weighted by Crippen LogP contribution is -2.56. The van der Waals surface area contributed by atoms with E-state index in [4.69, 9.17) is 21.4 Å². The zero-order chi connectivity index (χ0) is 29.2. The largest absolute Gasteiger partial charge is 0.346 e. The van der Waals surface area contributed by atoms with Crippen molar-refractivity contribution in [2.45, 2.75) is 58.9 Å². The first kappa shape index (κ1) is 28.8. The van der Waals surface area contributed by atoms with Crippen LogP contribution in [0.15, 0.2) is 35.5 Å². The topological polar surface area (TPSA) is 167 Å². The maximum Gasteiger partial charge on any atom is 0.253 e. The third-order valence-corrected chi connectivity index (χ3v) is 6.69. The molecule has 2 aromatic heterocycles. The summed E-state index contributed by atoms with van der Waals surface area (Å²) < 4.78 is 0. The molecule has 3 heterocycles. The number of rotatable bonds is 2. The number of fused-ring (bicyclic) bond motifs is 1. The molecule has 0 saturated heterocycles. The molecule has 1 aromatic carbocycles. The summed E-state index contributed by atoms with van der Waals surface area (Å²) in [5, 5.41) is 34.9. The van der Waals surface area contributed by atoms with Crippen molar-refractivity contribution in [2.75, 3.05) is 12.1 Å². The van der Waals surface area contributed by atoms with E-state index in [1.807, 2.05) is 20.8 Å². The van der Waals surface area contributed by atoms with E-state index in [-0.39, 0.29) is 30.2 Å². The van der Waals surface area contributed by atoms with Crippen LogP contribution < -0.4 is 10.8 Å². The zero-order valence-corrected chi connectivity index (χ0v) is 24.0. The molecular weight excluding hydrogens is 532 g/mol. The number of nitrogens with one attached hydrogen (secondary N) is 3. The van der Waals surface area contributed by atoms with Crippen LogP contribution in [0, 0.1) is 29.6 Å². The average Bonchev–Trinajstić information content (AvgIpc) is 3.38. The summed E-state index contributed by atoms with van der Waals surface area (Å²) in [6, 6.07) is 8.63. The number of benzene rings is 1. The number of tetrazole rings is 1. The van der Waals surface area contributed by atoms with E-state index < -0.39 is 22.8 Å². The van der Waals surface area contributed by atoms with Crippen LogP contribution in [-0.2, 0) is 10.3 Å². The summed E-state index contributed by atoms with van der Waals surface area (Å²) >= 11 is 6.40. The molecule has 0 radical (unpaired) electrons. The van der Waals surface area contributed by atoms with E-state index in [1.165, 1.54) is 6.07 Å². The fourth-order valence-corrected chi connectivity index (χ4v) is 4.55. The van der Waals surface area contributed by atoms with Gasteiger partial charge in [0.05, 0.1) is 40.4 Å². The Morgan fingerprint density at radius 3 is 2.75 bits per heavy atom. The number of carbonyl (C=O) groups excluding carboxylic acids is 1. The molecular formula is C27H31ClN10O2. The van der Waals surface area contributed by atoms with Gasteiger partial charge >= 0.3 is 0 Å². The number of hydrogen-bond donors (Lipinski definition) is 3. The number of aromatic nitrogens is 5. The van der Waals surface area contributed by atoms with Crippen molar-refractivity contribution in [3.05, 3.63) is 58.0 Å². The molecule has 0 fully saturated rings. The highest BCUT2D eigenvalue weighted by atomic mass is 35.5. The van der Waals surface area contributed by atoms with Gasteiger partial charge in [0.15, 0.2) is 17.5 Å². The van der Waals surface area contributed by atoms with E-state index in [1.54, 1.807) is 45.2 Å². The summed E-state index contributed by atoms with van der Waals surface area (Å²) in [7, 11) is 0. The van der Waals surface area contributed by atoms with E-state index in [2.05, 4.69) is 37.3 Å². The number of hydrogen-bond acceptors (Lipinski definition) is 10. The molecule has 3 N–H and O–H groups in total. The Balaban J connectivity index is 1.87. The van der Waals surface area contributed by atoms with Crippen molar-refractivity contribution >= 4 is 40.6 Å². The lowest BCUT2D eigenvalue weighted by atomic mass is 9.81. The van der Waals surface area contributed by atoms with Crippen LogP contribution in [0.2, 0.25) is 5.02 Å². The van der Waals surface area contributed by atoms with Crippen molar-refractivity contribution in [1.29, 1.82) is 10.7 Å². The fourth-order valence-electron chi connectivity index (χ4n) is 4.39. The number of aliphatic imine (C=N–C) groups is 1. The summed E-state index contributed by atoms with van der Waals surface area (Å²) in [4.78, 5) is 29.7. The molecule has 1 amide bonds. The highest BCUT2D eigenvalue weighted by Crippen LogP contribution is 2.30. The van der Waals surface area contributed by atoms with Crippen LogP contribution in [0.4, 0.5) is 11.5 Å².